The average Bonchev–Trinajstić information content (AvgIpc) is 3.06. The summed E-state index contributed by atoms with van der Waals surface area (Å²) in [6, 6.07) is 4.59. The van der Waals surface area contributed by atoms with Gasteiger partial charge in [0.15, 0.2) is 6.10 Å². The van der Waals surface area contributed by atoms with Crippen LogP contribution >= 0.6 is 0 Å². The maximum absolute atomic E-state index is 12.2. The number of carbonyl (C=O) groups is 3. The molecular formula is C15H19N3O7S. The number of hydrogen-bond donors (Lipinski definition) is 1. The number of nitrogens with one attached hydrogen (secondary N) is 1. The maximum Gasteiger partial charge on any atom is 0.338 e. The minimum atomic E-state index is -3.93. The van der Waals surface area contributed by atoms with E-state index in [0.29, 0.717) is 11.0 Å². The summed E-state index contributed by atoms with van der Waals surface area (Å²) in [4.78, 5) is 41.3. The molecule has 1 aliphatic heterocycles. The second-order valence-electron chi connectivity index (χ2n) is 5.39. The Kier molecular flexibility index (Phi) is 5.95. The molecule has 0 spiro atoms. The van der Waals surface area contributed by atoms with Crippen molar-refractivity contribution in [2.45, 2.75) is 17.9 Å². The summed E-state index contributed by atoms with van der Waals surface area (Å²) in [5.41, 5.74) is -0.0545. The molecule has 1 N–H and O–H groups in total. The summed E-state index contributed by atoms with van der Waals surface area (Å²) in [6.45, 7) is 1.86. The lowest BCUT2D eigenvalue weighted by Crippen LogP contribution is -2.41. The van der Waals surface area contributed by atoms with Crippen molar-refractivity contribution < 1.29 is 32.4 Å². The number of hydrogen-bond acceptors (Lipinski definition) is 7. The van der Waals surface area contributed by atoms with Crippen molar-refractivity contribution in [1.29, 1.82) is 0 Å². The molecule has 142 valence electrons. The number of esters is 1. The van der Waals surface area contributed by atoms with Crippen molar-refractivity contribution in [3.8, 4) is 0 Å². The highest BCUT2D eigenvalue weighted by Crippen LogP contribution is 2.17. The van der Waals surface area contributed by atoms with Crippen LogP contribution in [0.25, 0.3) is 0 Å². The van der Waals surface area contributed by atoms with Crippen LogP contribution in [0.4, 0.5) is 4.79 Å². The molecule has 1 heterocycles. The molecule has 0 aliphatic carbocycles. The van der Waals surface area contributed by atoms with E-state index in [2.05, 4.69) is 10.2 Å². The van der Waals surface area contributed by atoms with Gasteiger partial charge in [0.1, 0.15) is 0 Å². The maximum atomic E-state index is 12.2. The Hall–Kier alpha value is -2.50. The van der Waals surface area contributed by atoms with Crippen LogP contribution in [0.1, 0.15) is 17.3 Å². The monoisotopic (exact) mass is 385 g/mol. The molecule has 1 fully saturated rings. The van der Waals surface area contributed by atoms with E-state index in [0.717, 1.165) is 11.0 Å². The number of carbonyl (C=O) groups excluding carboxylic acids is 3. The van der Waals surface area contributed by atoms with E-state index in [1.54, 1.807) is 0 Å². The Bertz CT molecular complexity index is 824. The first-order chi connectivity index (χ1) is 12.2. The van der Waals surface area contributed by atoms with Gasteiger partial charge in [0.25, 0.3) is 15.9 Å². The standard InChI is InChI=1S/C15H19N3O7S/c1-10(13(19)18-8-7-16-15(18)21)25-14(20)11-5-4-6-12(9-11)26(22,23)17(2)24-3/h4-6,9-10H,7-8H2,1-3H3,(H,16,21). The summed E-state index contributed by atoms with van der Waals surface area (Å²) in [5, 5.41) is 2.47. The van der Waals surface area contributed by atoms with Gasteiger partial charge in [-0.15, -0.1) is 0 Å². The van der Waals surface area contributed by atoms with Crippen LogP contribution in [-0.2, 0) is 24.4 Å². The first-order valence-electron chi connectivity index (χ1n) is 7.61. The van der Waals surface area contributed by atoms with Crippen molar-refractivity contribution in [2.75, 3.05) is 27.2 Å². The number of ether oxygens (including phenoxy) is 1. The summed E-state index contributed by atoms with van der Waals surface area (Å²) in [7, 11) is -1.53. The molecule has 11 heteroatoms. The molecule has 1 atom stereocenters. The van der Waals surface area contributed by atoms with Crippen molar-refractivity contribution in [1.82, 2.24) is 14.7 Å². The Morgan fingerprint density at radius 1 is 1.35 bits per heavy atom. The third-order valence-electron chi connectivity index (χ3n) is 3.72. The topological polar surface area (TPSA) is 122 Å². The minimum Gasteiger partial charge on any atom is -0.449 e. The molecule has 10 nitrogen and oxygen atoms in total. The number of imide groups is 1. The summed E-state index contributed by atoms with van der Waals surface area (Å²) < 4.78 is 30.2. The molecule has 0 saturated carbocycles. The van der Waals surface area contributed by atoms with E-state index in [9.17, 15) is 22.8 Å². The Balaban J connectivity index is 2.14. The molecule has 0 bridgehead atoms. The Morgan fingerprint density at radius 2 is 2.04 bits per heavy atom. The molecule has 1 unspecified atom stereocenters. The first-order valence-corrected chi connectivity index (χ1v) is 9.05. The van der Waals surface area contributed by atoms with Gasteiger partial charge in [-0.25, -0.2) is 18.0 Å². The van der Waals surface area contributed by atoms with E-state index in [4.69, 9.17) is 4.74 Å². The highest BCUT2D eigenvalue weighted by Gasteiger charge is 2.32. The number of nitrogens with zero attached hydrogens (tertiary/aromatic N) is 2. The highest BCUT2D eigenvalue weighted by atomic mass is 32.2. The van der Waals surface area contributed by atoms with E-state index < -0.39 is 34.0 Å². The molecule has 0 radical (unpaired) electrons. The van der Waals surface area contributed by atoms with Crippen LogP contribution in [-0.4, -0.2) is 69.0 Å². The number of sulfonamides is 1. The predicted octanol–water partition coefficient (Wildman–Crippen LogP) is -0.0344. The molecule has 1 aliphatic rings. The second-order valence-corrected chi connectivity index (χ2v) is 7.33. The van der Waals surface area contributed by atoms with E-state index in [-0.39, 0.29) is 17.0 Å². The van der Waals surface area contributed by atoms with Crippen molar-refractivity contribution in [3.63, 3.8) is 0 Å². The lowest BCUT2D eigenvalue weighted by Gasteiger charge is -2.18. The van der Waals surface area contributed by atoms with Gasteiger partial charge in [-0.3, -0.25) is 14.5 Å². The molecule has 1 aromatic carbocycles. The quantitative estimate of drug-likeness (QED) is 0.539. The van der Waals surface area contributed by atoms with Crippen molar-refractivity contribution >= 4 is 27.9 Å². The molecule has 26 heavy (non-hydrogen) atoms. The van der Waals surface area contributed by atoms with Crippen molar-refractivity contribution in [2.24, 2.45) is 0 Å². The molecular weight excluding hydrogens is 366 g/mol. The van der Waals surface area contributed by atoms with Crippen LogP contribution in [0.5, 0.6) is 0 Å². The first kappa shape index (κ1) is 19.8. The van der Waals surface area contributed by atoms with Gasteiger partial charge in [-0.05, 0) is 25.1 Å². The molecule has 3 amide bonds. The zero-order valence-electron chi connectivity index (χ0n) is 14.5. The number of urea groups is 1. The largest absolute Gasteiger partial charge is 0.449 e. The predicted molar refractivity (Wildman–Crippen MR) is 88.4 cm³/mol. The smallest absolute Gasteiger partial charge is 0.338 e. The van der Waals surface area contributed by atoms with Gasteiger partial charge in [0.05, 0.1) is 17.6 Å². The van der Waals surface area contributed by atoms with Gasteiger partial charge in [0, 0.05) is 20.1 Å². The van der Waals surface area contributed by atoms with Gasteiger partial charge >= 0.3 is 12.0 Å². The van der Waals surface area contributed by atoms with Gasteiger partial charge < -0.3 is 10.1 Å². The van der Waals surface area contributed by atoms with E-state index in [1.807, 2.05) is 0 Å². The fraction of sp³-hybridized carbons (Fsp3) is 0.400. The third-order valence-corrected chi connectivity index (χ3v) is 5.39. The lowest BCUT2D eigenvalue weighted by atomic mass is 10.2. The zero-order chi connectivity index (χ0) is 19.5. The SMILES string of the molecule is CON(C)S(=O)(=O)c1cccc(C(=O)OC(C)C(=O)N2CCNC2=O)c1. The molecule has 2 rings (SSSR count). The number of rotatable bonds is 6. The summed E-state index contributed by atoms with van der Waals surface area (Å²) in [5.74, 6) is -1.54. The fourth-order valence-electron chi connectivity index (χ4n) is 2.21. The normalized spacial score (nSPS) is 15.7. The van der Waals surface area contributed by atoms with Crippen LogP contribution in [0.15, 0.2) is 29.2 Å². The molecule has 0 aromatic heterocycles. The lowest BCUT2D eigenvalue weighted by molar-refractivity contribution is -0.136. The van der Waals surface area contributed by atoms with Crippen LogP contribution < -0.4 is 5.32 Å². The van der Waals surface area contributed by atoms with Gasteiger partial charge in [-0.1, -0.05) is 10.5 Å². The Labute approximate surface area is 150 Å². The van der Waals surface area contributed by atoms with Crippen LogP contribution in [0.3, 0.4) is 0 Å². The number of amides is 3. The van der Waals surface area contributed by atoms with E-state index in [1.165, 1.54) is 39.3 Å². The average molecular weight is 385 g/mol. The zero-order valence-corrected chi connectivity index (χ0v) is 15.3. The van der Waals surface area contributed by atoms with Gasteiger partial charge in [-0.2, -0.15) is 0 Å². The minimum absolute atomic E-state index is 0.0545. The Morgan fingerprint density at radius 3 is 2.62 bits per heavy atom. The van der Waals surface area contributed by atoms with Crippen LogP contribution in [0, 0.1) is 0 Å². The van der Waals surface area contributed by atoms with Gasteiger partial charge in [0.2, 0.25) is 0 Å². The molecule has 1 saturated heterocycles. The number of benzene rings is 1. The fourth-order valence-corrected chi connectivity index (χ4v) is 3.23. The second kappa shape index (κ2) is 7.81. The summed E-state index contributed by atoms with van der Waals surface area (Å²) >= 11 is 0. The number of hydroxylamine groups is 1. The van der Waals surface area contributed by atoms with Crippen molar-refractivity contribution in [3.05, 3.63) is 29.8 Å². The summed E-state index contributed by atoms with van der Waals surface area (Å²) in [6.07, 6.45) is -1.20. The van der Waals surface area contributed by atoms with Crippen LogP contribution in [0.2, 0.25) is 0 Å². The molecule has 1 aromatic rings. The van der Waals surface area contributed by atoms with E-state index >= 15 is 0 Å². The third kappa shape index (κ3) is 4.00. The highest BCUT2D eigenvalue weighted by molar-refractivity contribution is 7.89.